The van der Waals surface area contributed by atoms with Gasteiger partial charge in [0.2, 0.25) is 0 Å². The average Bonchev–Trinajstić information content (AvgIpc) is 2.90. The van der Waals surface area contributed by atoms with E-state index in [1.165, 1.54) is 16.0 Å². The monoisotopic (exact) mass is 368 g/mol. The fourth-order valence-corrected chi connectivity index (χ4v) is 3.21. The van der Waals surface area contributed by atoms with Crippen LogP contribution in [0.2, 0.25) is 0 Å². The third-order valence-electron chi connectivity index (χ3n) is 4.68. The van der Waals surface area contributed by atoms with Crippen molar-refractivity contribution in [3.63, 3.8) is 0 Å². The second-order valence-electron chi connectivity index (χ2n) is 6.63. The molecule has 0 aliphatic carbocycles. The number of aromatic nitrogens is 1. The molecule has 0 aliphatic heterocycles. The maximum Gasteiger partial charge on any atom is 0.329 e. The van der Waals surface area contributed by atoms with Crippen molar-refractivity contribution < 1.29 is 9.59 Å². The Labute approximate surface area is 160 Å². The van der Waals surface area contributed by atoms with E-state index in [4.69, 9.17) is 0 Å². The molecule has 1 N–H and O–H groups in total. The summed E-state index contributed by atoms with van der Waals surface area (Å²) in [7, 11) is 0. The summed E-state index contributed by atoms with van der Waals surface area (Å²) in [6, 6.07) is 8.36. The van der Waals surface area contributed by atoms with E-state index in [1.807, 2.05) is 33.8 Å². The molecule has 6 heteroatoms. The van der Waals surface area contributed by atoms with Gasteiger partial charge in [-0.25, -0.2) is 5.43 Å². The topological polar surface area (TPSA) is 66.7 Å². The number of hydrazone groups is 1. The lowest BCUT2D eigenvalue weighted by Crippen LogP contribution is -2.41. The predicted molar refractivity (Wildman–Crippen MR) is 108 cm³/mol. The van der Waals surface area contributed by atoms with Crippen molar-refractivity contribution in [3.8, 4) is 5.69 Å². The van der Waals surface area contributed by atoms with Gasteiger partial charge in [-0.15, -0.1) is 0 Å². The number of carbonyl (C=O) groups is 2. The first-order valence-corrected chi connectivity index (χ1v) is 9.19. The maximum absolute atomic E-state index is 12.0. The summed E-state index contributed by atoms with van der Waals surface area (Å²) in [4.78, 5) is 25.3. The van der Waals surface area contributed by atoms with Crippen molar-refractivity contribution in [2.45, 2.75) is 41.5 Å². The molecule has 27 heavy (non-hydrogen) atoms. The van der Waals surface area contributed by atoms with Gasteiger partial charge in [0.25, 0.3) is 0 Å². The van der Waals surface area contributed by atoms with Crippen molar-refractivity contribution in [2.24, 2.45) is 5.10 Å². The molecule has 6 nitrogen and oxygen atoms in total. The van der Waals surface area contributed by atoms with Crippen LogP contribution in [0.15, 0.2) is 29.4 Å². The van der Waals surface area contributed by atoms with Gasteiger partial charge in [-0.05, 0) is 59.2 Å². The van der Waals surface area contributed by atoms with E-state index in [0.29, 0.717) is 13.1 Å². The number of hydrogen-bond donors (Lipinski definition) is 1. The van der Waals surface area contributed by atoms with Crippen LogP contribution in [-0.2, 0) is 9.59 Å². The zero-order valence-electron chi connectivity index (χ0n) is 17.0. The normalized spacial score (nSPS) is 11.0. The van der Waals surface area contributed by atoms with E-state index in [9.17, 15) is 9.59 Å². The van der Waals surface area contributed by atoms with Crippen LogP contribution in [0.3, 0.4) is 0 Å². The largest absolute Gasteiger partial charge is 0.335 e. The minimum atomic E-state index is -0.724. The van der Waals surface area contributed by atoms with E-state index < -0.39 is 11.8 Å². The molecule has 1 aromatic carbocycles. The molecule has 1 aromatic heterocycles. The van der Waals surface area contributed by atoms with Crippen molar-refractivity contribution in [1.29, 1.82) is 0 Å². The molecule has 1 heterocycles. The van der Waals surface area contributed by atoms with Gasteiger partial charge in [-0.1, -0.05) is 17.7 Å². The second kappa shape index (κ2) is 8.66. The van der Waals surface area contributed by atoms with Gasteiger partial charge >= 0.3 is 11.8 Å². The maximum atomic E-state index is 12.0. The van der Waals surface area contributed by atoms with E-state index in [-0.39, 0.29) is 0 Å². The molecular formula is C21H28N4O2. The number of likely N-dealkylation sites (N-methyl/N-ethyl adjacent to an activating group) is 1. The minimum absolute atomic E-state index is 0.490. The second-order valence-corrected chi connectivity index (χ2v) is 6.63. The molecule has 0 fully saturated rings. The fourth-order valence-electron chi connectivity index (χ4n) is 3.21. The van der Waals surface area contributed by atoms with Crippen molar-refractivity contribution in [1.82, 2.24) is 14.9 Å². The standard InChI is InChI=1S/C21H28N4O2/c1-7-24(8-2)21(27)20(26)23-22-13-18-12-16(5)25(17(18)6)19-10-9-14(3)11-15(19)4/h9-13H,7-8H2,1-6H3,(H,23,26)/b22-13-. The van der Waals surface area contributed by atoms with Crippen LogP contribution in [0.1, 0.15) is 41.9 Å². The highest BCUT2D eigenvalue weighted by Gasteiger charge is 2.18. The Morgan fingerprint density at radius 3 is 2.37 bits per heavy atom. The van der Waals surface area contributed by atoms with E-state index in [0.717, 1.165) is 22.6 Å². The Morgan fingerprint density at radius 1 is 1.11 bits per heavy atom. The number of carbonyl (C=O) groups excluding carboxylic acids is 2. The van der Waals surface area contributed by atoms with E-state index in [1.54, 1.807) is 6.21 Å². The van der Waals surface area contributed by atoms with Gasteiger partial charge in [0, 0.05) is 35.7 Å². The first-order chi connectivity index (χ1) is 12.8. The van der Waals surface area contributed by atoms with Crippen molar-refractivity contribution >= 4 is 18.0 Å². The summed E-state index contributed by atoms with van der Waals surface area (Å²) in [5.41, 5.74) is 8.85. The smallest absolute Gasteiger partial charge is 0.329 e. The molecule has 0 saturated carbocycles. The highest BCUT2D eigenvalue weighted by molar-refractivity contribution is 6.34. The molecule has 0 radical (unpaired) electrons. The Kier molecular flexibility index (Phi) is 6.55. The highest BCUT2D eigenvalue weighted by Crippen LogP contribution is 2.23. The molecule has 0 saturated heterocycles. The first kappa shape index (κ1) is 20.4. The van der Waals surface area contributed by atoms with Gasteiger partial charge in [-0.2, -0.15) is 5.10 Å². The zero-order chi connectivity index (χ0) is 20.1. The van der Waals surface area contributed by atoms with Gasteiger partial charge < -0.3 is 9.47 Å². The summed E-state index contributed by atoms with van der Waals surface area (Å²) in [5, 5.41) is 3.97. The summed E-state index contributed by atoms with van der Waals surface area (Å²) in [6.45, 7) is 12.9. The van der Waals surface area contributed by atoms with Crippen molar-refractivity contribution in [3.05, 3.63) is 52.3 Å². The number of rotatable bonds is 5. The van der Waals surface area contributed by atoms with Crippen LogP contribution in [0, 0.1) is 27.7 Å². The third kappa shape index (κ3) is 4.45. The first-order valence-electron chi connectivity index (χ1n) is 9.19. The predicted octanol–water partition coefficient (Wildman–Crippen LogP) is 3.03. The van der Waals surface area contributed by atoms with Gasteiger partial charge in [-0.3, -0.25) is 9.59 Å². The van der Waals surface area contributed by atoms with Crippen LogP contribution in [-0.4, -0.2) is 40.6 Å². The summed E-state index contributed by atoms with van der Waals surface area (Å²) in [6.07, 6.45) is 1.58. The molecule has 2 aromatic rings. The Morgan fingerprint density at radius 2 is 1.78 bits per heavy atom. The fraction of sp³-hybridized carbons (Fsp3) is 0.381. The molecule has 2 amide bonds. The third-order valence-corrected chi connectivity index (χ3v) is 4.68. The van der Waals surface area contributed by atoms with Crippen LogP contribution >= 0.6 is 0 Å². The van der Waals surface area contributed by atoms with Crippen LogP contribution < -0.4 is 5.43 Å². The Bertz CT molecular complexity index is 877. The molecular weight excluding hydrogens is 340 g/mol. The lowest BCUT2D eigenvalue weighted by atomic mass is 10.1. The zero-order valence-corrected chi connectivity index (χ0v) is 17.0. The summed E-state index contributed by atoms with van der Waals surface area (Å²) in [5.74, 6) is -1.30. The molecule has 0 atom stereocenters. The Balaban J connectivity index is 2.20. The summed E-state index contributed by atoms with van der Waals surface area (Å²) < 4.78 is 2.17. The number of amides is 2. The number of aryl methyl sites for hydroxylation is 3. The van der Waals surface area contributed by atoms with Crippen LogP contribution in [0.4, 0.5) is 0 Å². The van der Waals surface area contributed by atoms with Crippen LogP contribution in [0.25, 0.3) is 5.69 Å². The molecule has 0 spiro atoms. The number of nitrogens with zero attached hydrogens (tertiary/aromatic N) is 3. The minimum Gasteiger partial charge on any atom is -0.335 e. The lowest BCUT2D eigenvalue weighted by Gasteiger charge is -2.16. The molecule has 0 unspecified atom stereocenters. The van der Waals surface area contributed by atoms with Crippen LogP contribution in [0.5, 0.6) is 0 Å². The van der Waals surface area contributed by atoms with E-state index >= 15 is 0 Å². The average molecular weight is 368 g/mol. The number of hydrogen-bond acceptors (Lipinski definition) is 3. The lowest BCUT2D eigenvalue weighted by molar-refractivity contribution is -0.145. The van der Waals surface area contributed by atoms with Gasteiger partial charge in [0.15, 0.2) is 0 Å². The molecule has 0 aliphatic rings. The number of benzene rings is 1. The van der Waals surface area contributed by atoms with Crippen molar-refractivity contribution in [2.75, 3.05) is 13.1 Å². The van der Waals surface area contributed by atoms with Gasteiger partial charge in [0.1, 0.15) is 0 Å². The number of nitrogens with one attached hydrogen (secondary N) is 1. The summed E-state index contributed by atoms with van der Waals surface area (Å²) >= 11 is 0. The van der Waals surface area contributed by atoms with Gasteiger partial charge in [0.05, 0.1) is 6.21 Å². The SMILES string of the molecule is CCN(CC)C(=O)C(=O)N/N=C\c1cc(C)n(-c2ccc(C)cc2C)c1C. The molecule has 144 valence electrons. The Hall–Kier alpha value is -2.89. The molecule has 2 rings (SSSR count). The molecule has 0 bridgehead atoms. The quantitative estimate of drug-likeness (QED) is 0.501. The highest BCUT2D eigenvalue weighted by atomic mass is 16.2. The van der Waals surface area contributed by atoms with E-state index in [2.05, 4.69) is 47.1 Å².